The lowest BCUT2D eigenvalue weighted by Gasteiger charge is -2.32. The van der Waals surface area contributed by atoms with Crippen molar-refractivity contribution in [1.29, 1.82) is 0 Å². The van der Waals surface area contributed by atoms with Gasteiger partial charge in [-0.25, -0.2) is 0 Å². The summed E-state index contributed by atoms with van der Waals surface area (Å²) >= 11 is 0. The van der Waals surface area contributed by atoms with Gasteiger partial charge in [-0.1, -0.05) is 19.9 Å². The minimum Gasteiger partial charge on any atom is -0.480 e. The molecular weight excluding hydrogens is 244 g/mol. The predicted molar refractivity (Wildman–Crippen MR) is 73.5 cm³/mol. The number of nitrogens with one attached hydrogen (secondary N) is 1. The molecule has 1 unspecified atom stereocenters. The SMILES string of the molecule is C=C[C@@H]1C[C@@H](C(=O)O)N(C(CC(C)C)NC(C)=O)C1. The molecule has 1 amide bonds. The molecule has 2 N–H and O–H groups in total. The maximum atomic E-state index is 11.4. The zero-order valence-corrected chi connectivity index (χ0v) is 11.9. The van der Waals surface area contributed by atoms with E-state index in [2.05, 4.69) is 25.7 Å². The van der Waals surface area contributed by atoms with E-state index in [-0.39, 0.29) is 18.0 Å². The first-order valence-corrected chi connectivity index (χ1v) is 6.73. The number of aliphatic carboxylic acids is 1. The molecule has 0 aromatic carbocycles. The molecule has 1 aliphatic rings. The Kier molecular flexibility index (Phi) is 5.54. The minimum absolute atomic E-state index is 0.128. The Morgan fingerprint density at radius 1 is 1.53 bits per heavy atom. The van der Waals surface area contributed by atoms with Crippen LogP contribution in [0.4, 0.5) is 0 Å². The van der Waals surface area contributed by atoms with Crippen LogP contribution in [0.25, 0.3) is 0 Å². The van der Waals surface area contributed by atoms with Gasteiger partial charge in [-0.2, -0.15) is 0 Å². The van der Waals surface area contributed by atoms with Gasteiger partial charge in [-0.15, -0.1) is 6.58 Å². The van der Waals surface area contributed by atoms with E-state index < -0.39 is 12.0 Å². The number of nitrogens with zero attached hydrogens (tertiary/aromatic N) is 1. The molecule has 1 heterocycles. The summed E-state index contributed by atoms with van der Waals surface area (Å²) in [5.74, 6) is -0.404. The van der Waals surface area contributed by atoms with Crippen LogP contribution in [0.1, 0.15) is 33.6 Å². The Hall–Kier alpha value is -1.36. The largest absolute Gasteiger partial charge is 0.480 e. The number of hydrogen-bond acceptors (Lipinski definition) is 3. The van der Waals surface area contributed by atoms with Crippen molar-refractivity contribution >= 4 is 11.9 Å². The van der Waals surface area contributed by atoms with Crippen molar-refractivity contribution in [3.8, 4) is 0 Å². The number of hydrogen-bond donors (Lipinski definition) is 2. The van der Waals surface area contributed by atoms with Crippen molar-refractivity contribution in [1.82, 2.24) is 10.2 Å². The van der Waals surface area contributed by atoms with Gasteiger partial charge in [-0.05, 0) is 24.7 Å². The molecule has 0 aromatic rings. The van der Waals surface area contributed by atoms with Crippen LogP contribution in [0, 0.1) is 11.8 Å². The van der Waals surface area contributed by atoms with E-state index in [9.17, 15) is 14.7 Å². The van der Waals surface area contributed by atoms with Gasteiger partial charge in [0.25, 0.3) is 0 Å². The Balaban J connectivity index is 2.87. The molecule has 108 valence electrons. The standard InChI is InChI=1S/C14H24N2O3/c1-5-11-7-12(14(18)19)16(8-11)13(6-9(2)3)15-10(4)17/h5,9,11-13H,1,6-8H2,2-4H3,(H,15,17)(H,18,19)/t11-,12+,13?/m1/s1. The van der Waals surface area contributed by atoms with Crippen LogP contribution in [-0.4, -0.2) is 40.6 Å². The normalized spacial score (nSPS) is 25.3. The fraction of sp³-hybridized carbons (Fsp3) is 0.714. The minimum atomic E-state index is -0.830. The number of carboxylic acid groups (broad SMARTS) is 1. The van der Waals surface area contributed by atoms with Gasteiger partial charge in [0, 0.05) is 13.5 Å². The van der Waals surface area contributed by atoms with Crippen LogP contribution in [-0.2, 0) is 9.59 Å². The molecular formula is C14H24N2O3. The van der Waals surface area contributed by atoms with Crippen molar-refractivity contribution in [2.24, 2.45) is 11.8 Å². The summed E-state index contributed by atoms with van der Waals surface area (Å²) in [6.45, 7) is 9.97. The highest BCUT2D eigenvalue weighted by Gasteiger charge is 2.39. The molecule has 5 nitrogen and oxygen atoms in total. The van der Waals surface area contributed by atoms with Crippen LogP contribution >= 0.6 is 0 Å². The molecule has 0 aromatic heterocycles. The fourth-order valence-corrected chi connectivity index (χ4v) is 2.61. The van der Waals surface area contributed by atoms with Gasteiger partial charge >= 0.3 is 5.97 Å². The van der Waals surface area contributed by atoms with Gasteiger partial charge in [0.05, 0.1) is 6.17 Å². The number of amides is 1. The van der Waals surface area contributed by atoms with Crippen LogP contribution in [0.2, 0.25) is 0 Å². The zero-order valence-electron chi connectivity index (χ0n) is 11.9. The molecule has 0 saturated carbocycles. The first-order valence-electron chi connectivity index (χ1n) is 6.73. The summed E-state index contributed by atoms with van der Waals surface area (Å²) in [5.41, 5.74) is 0. The highest BCUT2D eigenvalue weighted by atomic mass is 16.4. The first-order chi connectivity index (χ1) is 8.85. The van der Waals surface area contributed by atoms with E-state index >= 15 is 0 Å². The average molecular weight is 268 g/mol. The molecule has 0 bridgehead atoms. The van der Waals surface area contributed by atoms with E-state index in [4.69, 9.17) is 0 Å². The summed E-state index contributed by atoms with van der Waals surface area (Å²) in [6.07, 6.45) is 2.89. The Bertz CT molecular complexity index is 355. The second kappa shape index (κ2) is 6.70. The molecule has 1 fully saturated rings. The summed E-state index contributed by atoms with van der Waals surface area (Å²) in [7, 11) is 0. The van der Waals surface area contributed by atoms with E-state index in [0.29, 0.717) is 18.9 Å². The topological polar surface area (TPSA) is 69.6 Å². The molecule has 1 saturated heterocycles. The van der Waals surface area contributed by atoms with Crippen LogP contribution in [0.5, 0.6) is 0 Å². The van der Waals surface area contributed by atoms with E-state index in [0.717, 1.165) is 6.42 Å². The second-order valence-corrected chi connectivity index (χ2v) is 5.63. The Morgan fingerprint density at radius 3 is 2.58 bits per heavy atom. The van der Waals surface area contributed by atoms with Crippen molar-refractivity contribution in [3.05, 3.63) is 12.7 Å². The summed E-state index contributed by atoms with van der Waals surface area (Å²) in [6, 6.07) is -0.543. The average Bonchev–Trinajstić information content (AvgIpc) is 2.70. The van der Waals surface area contributed by atoms with Gasteiger partial charge < -0.3 is 10.4 Å². The van der Waals surface area contributed by atoms with Crippen LogP contribution in [0.3, 0.4) is 0 Å². The number of carbonyl (C=O) groups is 2. The van der Waals surface area contributed by atoms with E-state index in [1.165, 1.54) is 6.92 Å². The third kappa shape index (κ3) is 4.35. The van der Waals surface area contributed by atoms with Crippen molar-refractivity contribution < 1.29 is 14.7 Å². The lowest BCUT2D eigenvalue weighted by Crippen LogP contribution is -2.52. The highest BCUT2D eigenvalue weighted by molar-refractivity contribution is 5.75. The van der Waals surface area contributed by atoms with Gasteiger partial charge in [0.1, 0.15) is 6.04 Å². The highest BCUT2D eigenvalue weighted by Crippen LogP contribution is 2.27. The van der Waals surface area contributed by atoms with Crippen molar-refractivity contribution in [3.63, 3.8) is 0 Å². The molecule has 5 heteroatoms. The number of carboxylic acids is 1. The summed E-state index contributed by atoms with van der Waals surface area (Å²) in [4.78, 5) is 24.6. The lowest BCUT2D eigenvalue weighted by atomic mass is 10.1. The number of likely N-dealkylation sites (tertiary alicyclic amines) is 1. The monoisotopic (exact) mass is 268 g/mol. The maximum Gasteiger partial charge on any atom is 0.321 e. The first kappa shape index (κ1) is 15.7. The predicted octanol–water partition coefficient (Wildman–Crippen LogP) is 1.46. The van der Waals surface area contributed by atoms with E-state index in [1.54, 1.807) is 6.08 Å². The van der Waals surface area contributed by atoms with Crippen LogP contribution < -0.4 is 5.32 Å². The molecule has 1 aliphatic heterocycles. The quantitative estimate of drug-likeness (QED) is 0.715. The van der Waals surface area contributed by atoms with E-state index in [1.807, 2.05) is 4.90 Å². The zero-order chi connectivity index (χ0) is 14.6. The number of carbonyl (C=O) groups excluding carboxylic acids is 1. The third-order valence-electron chi connectivity index (χ3n) is 3.45. The lowest BCUT2D eigenvalue weighted by molar-refractivity contribution is -0.144. The smallest absolute Gasteiger partial charge is 0.321 e. The maximum absolute atomic E-state index is 11.4. The molecule has 1 rings (SSSR count). The van der Waals surface area contributed by atoms with Gasteiger partial charge in [0.15, 0.2) is 0 Å². The molecule has 3 atom stereocenters. The third-order valence-corrected chi connectivity index (χ3v) is 3.45. The molecule has 0 radical (unpaired) electrons. The van der Waals surface area contributed by atoms with Crippen molar-refractivity contribution in [2.75, 3.05) is 6.54 Å². The Labute approximate surface area is 114 Å². The number of rotatable bonds is 6. The van der Waals surface area contributed by atoms with Gasteiger partial charge in [-0.3, -0.25) is 14.5 Å². The summed E-state index contributed by atoms with van der Waals surface area (Å²) in [5, 5.41) is 12.2. The molecule has 19 heavy (non-hydrogen) atoms. The summed E-state index contributed by atoms with van der Waals surface area (Å²) < 4.78 is 0. The Morgan fingerprint density at radius 2 is 2.16 bits per heavy atom. The van der Waals surface area contributed by atoms with Crippen molar-refractivity contribution in [2.45, 2.75) is 45.8 Å². The fourth-order valence-electron chi connectivity index (χ4n) is 2.61. The molecule has 0 spiro atoms. The second-order valence-electron chi connectivity index (χ2n) is 5.63. The molecule has 0 aliphatic carbocycles. The van der Waals surface area contributed by atoms with Crippen LogP contribution in [0.15, 0.2) is 12.7 Å². The van der Waals surface area contributed by atoms with Gasteiger partial charge in [0.2, 0.25) is 5.91 Å².